The zero-order valence-corrected chi connectivity index (χ0v) is 6.90. The van der Waals surface area contributed by atoms with Crippen LogP contribution in [0.15, 0.2) is 37.7 Å². The van der Waals surface area contributed by atoms with Crippen LogP contribution in [0.3, 0.4) is 0 Å². The molecule has 12 heavy (non-hydrogen) atoms. The molecule has 1 rings (SSSR count). The highest BCUT2D eigenvalue weighted by molar-refractivity contribution is 5.46. The van der Waals surface area contributed by atoms with E-state index in [-0.39, 0.29) is 6.04 Å². The van der Waals surface area contributed by atoms with Gasteiger partial charge in [0, 0.05) is 18.4 Å². The van der Waals surface area contributed by atoms with Crippen LogP contribution in [0.2, 0.25) is 0 Å². The molecule has 1 heterocycles. The van der Waals surface area contributed by atoms with Gasteiger partial charge in [-0.2, -0.15) is 0 Å². The van der Waals surface area contributed by atoms with Crippen LogP contribution in [0, 0.1) is 0 Å². The Morgan fingerprint density at radius 1 is 1.42 bits per heavy atom. The molecule has 0 bridgehead atoms. The highest BCUT2D eigenvalue weighted by atomic mass is 14.7. The highest BCUT2D eigenvalue weighted by Gasteiger charge is 2.00. The minimum Gasteiger partial charge on any atom is -0.321 e. The second-order valence-electron chi connectivity index (χ2n) is 2.52. The van der Waals surface area contributed by atoms with E-state index in [0.717, 1.165) is 11.1 Å². The molecule has 0 aliphatic heterocycles. The molecular formula is C10H12N2. The van der Waals surface area contributed by atoms with E-state index < -0.39 is 0 Å². The van der Waals surface area contributed by atoms with Crippen LogP contribution < -0.4 is 5.73 Å². The summed E-state index contributed by atoms with van der Waals surface area (Å²) in [7, 11) is 0. The molecule has 0 radical (unpaired) electrons. The fourth-order valence-corrected chi connectivity index (χ4v) is 0.906. The second-order valence-corrected chi connectivity index (χ2v) is 2.52. The Morgan fingerprint density at radius 2 is 2.17 bits per heavy atom. The van der Waals surface area contributed by atoms with Crippen molar-refractivity contribution >= 4 is 6.08 Å². The quantitative estimate of drug-likeness (QED) is 0.686. The third-order valence-electron chi connectivity index (χ3n) is 1.66. The fraction of sp³-hybridized carbons (Fsp3) is 0.100. The van der Waals surface area contributed by atoms with Crippen molar-refractivity contribution in [2.45, 2.75) is 6.04 Å². The number of aromatic nitrogens is 1. The van der Waals surface area contributed by atoms with Crippen LogP contribution in [0.25, 0.3) is 6.08 Å². The third-order valence-corrected chi connectivity index (χ3v) is 1.66. The van der Waals surface area contributed by atoms with Gasteiger partial charge in [-0.3, -0.25) is 4.98 Å². The van der Waals surface area contributed by atoms with Crippen molar-refractivity contribution in [3.8, 4) is 0 Å². The van der Waals surface area contributed by atoms with Gasteiger partial charge in [-0.25, -0.2) is 0 Å². The zero-order valence-electron chi connectivity index (χ0n) is 6.90. The molecule has 2 N–H and O–H groups in total. The van der Waals surface area contributed by atoms with Gasteiger partial charge in [0.2, 0.25) is 0 Å². The first-order valence-corrected chi connectivity index (χ1v) is 3.73. The van der Waals surface area contributed by atoms with Gasteiger partial charge < -0.3 is 5.73 Å². The van der Waals surface area contributed by atoms with Crippen molar-refractivity contribution < 1.29 is 0 Å². The second kappa shape index (κ2) is 3.83. The summed E-state index contributed by atoms with van der Waals surface area (Å²) in [5, 5.41) is 0. The van der Waals surface area contributed by atoms with Crippen LogP contribution in [0.4, 0.5) is 0 Å². The van der Waals surface area contributed by atoms with Gasteiger partial charge in [-0.15, -0.1) is 6.58 Å². The first-order valence-electron chi connectivity index (χ1n) is 3.73. The van der Waals surface area contributed by atoms with E-state index >= 15 is 0 Å². The Balaban J connectivity index is 3.00. The molecule has 0 unspecified atom stereocenters. The molecular weight excluding hydrogens is 148 g/mol. The lowest BCUT2D eigenvalue weighted by Gasteiger charge is -2.05. The first kappa shape index (κ1) is 8.68. The largest absolute Gasteiger partial charge is 0.321 e. The number of nitrogens with zero attached hydrogens (tertiary/aromatic N) is 1. The Morgan fingerprint density at radius 3 is 2.75 bits per heavy atom. The fourth-order valence-electron chi connectivity index (χ4n) is 0.906. The first-order chi connectivity index (χ1) is 5.77. The van der Waals surface area contributed by atoms with Crippen molar-refractivity contribution in [1.29, 1.82) is 0 Å². The van der Waals surface area contributed by atoms with Crippen molar-refractivity contribution in [2.75, 3.05) is 0 Å². The van der Waals surface area contributed by atoms with E-state index in [1.165, 1.54) is 0 Å². The minimum atomic E-state index is -0.141. The van der Waals surface area contributed by atoms with Crippen LogP contribution in [0.5, 0.6) is 0 Å². The van der Waals surface area contributed by atoms with Gasteiger partial charge in [-0.05, 0) is 17.2 Å². The van der Waals surface area contributed by atoms with Crippen molar-refractivity contribution in [3.63, 3.8) is 0 Å². The molecule has 0 aromatic carbocycles. The summed E-state index contributed by atoms with van der Waals surface area (Å²) in [4.78, 5) is 4.03. The average molecular weight is 160 g/mol. The molecule has 1 atom stereocenters. The molecule has 1 aromatic rings. The standard InChI is InChI=1S/C10H12N2/c1-3-8-5-9(7-12-6-8)10(11)4-2/h3-7,10H,1-2,11H2/t10-/m1/s1. The molecule has 0 saturated heterocycles. The predicted octanol–water partition coefficient (Wildman–Crippen LogP) is 1.91. The molecule has 1 aromatic heterocycles. The summed E-state index contributed by atoms with van der Waals surface area (Å²) < 4.78 is 0. The normalized spacial score (nSPS) is 12.1. The van der Waals surface area contributed by atoms with Gasteiger partial charge in [0.15, 0.2) is 0 Å². The number of rotatable bonds is 3. The summed E-state index contributed by atoms with van der Waals surface area (Å²) in [6, 6.07) is 1.81. The summed E-state index contributed by atoms with van der Waals surface area (Å²) in [6.45, 7) is 7.26. The van der Waals surface area contributed by atoms with Crippen LogP contribution in [0.1, 0.15) is 17.2 Å². The SMILES string of the molecule is C=Cc1cncc([C@H](N)C=C)c1. The van der Waals surface area contributed by atoms with E-state index in [9.17, 15) is 0 Å². The maximum absolute atomic E-state index is 5.73. The van der Waals surface area contributed by atoms with E-state index in [1.54, 1.807) is 24.5 Å². The summed E-state index contributed by atoms with van der Waals surface area (Å²) in [6.07, 6.45) is 6.90. The number of pyridine rings is 1. The maximum atomic E-state index is 5.73. The molecule has 2 nitrogen and oxygen atoms in total. The lowest BCUT2D eigenvalue weighted by molar-refractivity contribution is 0.903. The lowest BCUT2D eigenvalue weighted by Crippen LogP contribution is -2.06. The topological polar surface area (TPSA) is 38.9 Å². The minimum absolute atomic E-state index is 0.141. The molecule has 0 aliphatic carbocycles. The van der Waals surface area contributed by atoms with Crippen LogP contribution in [-0.4, -0.2) is 4.98 Å². The Kier molecular flexibility index (Phi) is 2.77. The van der Waals surface area contributed by atoms with Crippen molar-refractivity contribution in [1.82, 2.24) is 4.98 Å². The van der Waals surface area contributed by atoms with Gasteiger partial charge in [0.05, 0.1) is 0 Å². The number of nitrogens with two attached hydrogens (primary N) is 1. The smallest absolute Gasteiger partial charge is 0.0494 e. The van der Waals surface area contributed by atoms with Crippen LogP contribution in [-0.2, 0) is 0 Å². The third kappa shape index (κ3) is 1.80. The molecule has 0 fully saturated rings. The predicted molar refractivity (Wildman–Crippen MR) is 51.5 cm³/mol. The van der Waals surface area contributed by atoms with Gasteiger partial charge in [0.25, 0.3) is 0 Å². The number of hydrogen-bond acceptors (Lipinski definition) is 2. The summed E-state index contributed by atoms with van der Waals surface area (Å²) in [5.74, 6) is 0. The molecule has 0 aliphatic rings. The molecule has 0 spiro atoms. The average Bonchev–Trinajstić information content (AvgIpc) is 2.17. The van der Waals surface area contributed by atoms with Gasteiger partial charge in [0.1, 0.15) is 0 Å². The van der Waals surface area contributed by atoms with E-state index in [4.69, 9.17) is 5.73 Å². The van der Waals surface area contributed by atoms with E-state index in [1.807, 2.05) is 6.07 Å². The number of hydrogen-bond donors (Lipinski definition) is 1. The van der Waals surface area contributed by atoms with E-state index in [2.05, 4.69) is 18.1 Å². The van der Waals surface area contributed by atoms with Crippen LogP contribution >= 0.6 is 0 Å². The van der Waals surface area contributed by atoms with Gasteiger partial charge in [-0.1, -0.05) is 18.7 Å². The molecule has 2 heteroatoms. The van der Waals surface area contributed by atoms with Crippen molar-refractivity contribution in [2.24, 2.45) is 5.73 Å². The highest BCUT2D eigenvalue weighted by Crippen LogP contribution is 2.11. The van der Waals surface area contributed by atoms with Crippen molar-refractivity contribution in [3.05, 3.63) is 48.8 Å². The molecule has 0 saturated carbocycles. The maximum Gasteiger partial charge on any atom is 0.0494 e. The van der Waals surface area contributed by atoms with Gasteiger partial charge >= 0.3 is 0 Å². The molecule has 0 amide bonds. The lowest BCUT2D eigenvalue weighted by atomic mass is 10.1. The Bertz CT molecular complexity index is 292. The summed E-state index contributed by atoms with van der Waals surface area (Å²) >= 11 is 0. The monoisotopic (exact) mass is 160 g/mol. The Hall–Kier alpha value is -1.41. The van der Waals surface area contributed by atoms with E-state index in [0.29, 0.717) is 0 Å². The molecule has 62 valence electrons. The summed E-state index contributed by atoms with van der Waals surface area (Å²) in [5.41, 5.74) is 7.66. The zero-order chi connectivity index (χ0) is 8.97. The Labute approximate surface area is 72.4 Å².